The SMILES string of the molecule is NC1=C2CCNCC2=CCN1. The van der Waals surface area contributed by atoms with Crippen molar-refractivity contribution < 1.29 is 0 Å². The average Bonchev–Trinajstić information content (AvgIpc) is 2.06. The van der Waals surface area contributed by atoms with Crippen LogP contribution in [0.5, 0.6) is 0 Å². The van der Waals surface area contributed by atoms with Crippen LogP contribution >= 0.6 is 0 Å². The summed E-state index contributed by atoms with van der Waals surface area (Å²) in [7, 11) is 0. The number of fused-ring (bicyclic) bond motifs is 1. The molecule has 0 aromatic carbocycles. The maximum absolute atomic E-state index is 5.79. The van der Waals surface area contributed by atoms with Gasteiger partial charge in [0.1, 0.15) is 0 Å². The molecule has 4 N–H and O–H groups in total. The van der Waals surface area contributed by atoms with Gasteiger partial charge >= 0.3 is 0 Å². The number of dihydropyridines is 1. The van der Waals surface area contributed by atoms with Crippen molar-refractivity contribution in [1.82, 2.24) is 10.6 Å². The van der Waals surface area contributed by atoms with Crippen molar-refractivity contribution >= 4 is 0 Å². The van der Waals surface area contributed by atoms with Crippen LogP contribution in [0.4, 0.5) is 0 Å². The first-order chi connectivity index (χ1) is 5.38. The van der Waals surface area contributed by atoms with Crippen LogP contribution < -0.4 is 16.4 Å². The Labute approximate surface area is 66.3 Å². The number of hydrogen-bond acceptors (Lipinski definition) is 3. The highest BCUT2D eigenvalue weighted by Crippen LogP contribution is 2.20. The number of piperidine rings is 1. The third-order valence-corrected chi connectivity index (χ3v) is 2.22. The monoisotopic (exact) mass is 151 g/mol. The van der Waals surface area contributed by atoms with Crippen LogP contribution in [0.2, 0.25) is 0 Å². The smallest absolute Gasteiger partial charge is 0.0999 e. The number of nitrogens with two attached hydrogens (primary N) is 1. The Bertz CT molecular complexity index is 227. The third-order valence-electron chi connectivity index (χ3n) is 2.22. The quantitative estimate of drug-likeness (QED) is 0.445. The molecule has 1 fully saturated rings. The summed E-state index contributed by atoms with van der Waals surface area (Å²) >= 11 is 0. The second kappa shape index (κ2) is 2.58. The molecule has 0 bridgehead atoms. The molecule has 0 aromatic heterocycles. The molecule has 2 heterocycles. The normalized spacial score (nSPS) is 23.8. The van der Waals surface area contributed by atoms with Gasteiger partial charge in [-0.05, 0) is 24.1 Å². The standard InChI is InChI=1S/C8H13N3/c9-8-7-2-3-10-5-6(7)1-4-11-8/h1,10-11H,2-5,9H2. The molecule has 0 spiro atoms. The molecule has 2 aliphatic heterocycles. The van der Waals surface area contributed by atoms with Gasteiger partial charge in [0.2, 0.25) is 0 Å². The molecule has 0 amide bonds. The number of hydrogen-bond donors (Lipinski definition) is 3. The first-order valence-corrected chi connectivity index (χ1v) is 4.00. The Balaban J connectivity index is 2.29. The van der Waals surface area contributed by atoms with Gasteiger partial charge in [-0.2, -0.15) is 0 Å². The molecular formula is C8H13N3. The van der Waals surface area contributed by atoms with E-state index in [0.717, 1.165) is 31.9 Å². The molecule has 0 unspecified atom stereocenters. The third kappa shape index (κ3) is 1.12. The minimum absolute atomic E-state index is 0.879. The van der Waals surface area contributed by atoms with Crippen molar-refractivity contribution in [1.29, 1.82) is 0 Å². The van der Waals surface area contributed by atoms with E-state index in [1.165, 1.54) is 11.1 Å². The highest BCUT2D eigenvalue weighted by molar-refractivity contribution is 5.39. The molecule has 0 radical (unpaired) electrons. The molecule has 0 aromatic rings. The van der Waals surface area contributed by atoms with E-state index in [9.17, 15) is 0 Å². The second-order valence-electron chi connectivity index (χ2n) is 2.93. The van der Waals surface area contributed by atoms with E-state index in [1.807, 2.05) is 0 Å². The summed E-state index contributed by atoms with van der Waals surface area (Å²) in [5.74, 6) is 0.879. The van der Waals surface area contributed by atoms with E-state index >= 15 is 0 Å². The molecule has 2 rings (SSSR count). The molecule has 3 heteroatoms. The van der Waals surface area contributed by atoms with Gasteiger partial charge in [0, 0.05) is 13.1 Å². The van der Waals surface area contributed by atoms with Crippen LogP contribution in [-0.4, -0.2) is 19.6 Å². The summed E-state index contributed by atoms with van der Waals surface area (Å²) in [5.41, 5.74) is 8.49. The molecule has 0 saturated carbocycles. The Morgan fingerprint density at radius 2 is 2.36 bits per heavy atom. The predicted octanol–water partition coefficient (Wildman–Crippen LogP) is -0.320. The lowest BCUT2D eigenvalue weighted by molar-refractivity contribution is 0.653. The molecule has 1 saturated heterocycles. The molecule has 11 heavy (non-hydrogen) atoms. The summed E-state index contributed by atoms with van der Waals surface area (Å²) in [6.45, 7) is 2.92. The van der Waals surface area contributed by atoms with Gasteiger partial charge in [-0.25, -0.2) is 0 Å². The maximum atomic E-state index is 5.79. The molecular weight excluding hydrogens is 138 g/mol. The van der Waals surface area contributed by atoms with Crippen molar-refractivity contribution in [3.8, 4) is 0 Å². The topological polar surface area (TPSA) is 50.1 Å². The zero-order chi connectivity index (χ0) is 7.68. The Morgan fingerprint density at radius 3 is 3.18 bits per heavy atom. The Hall–Kier alpha value is -0.960. The fourth-order valence-electron chi connectivity index (χ4n) is 1.60. The highest BCUT2D eigenvalue weighted by Gasteiger charge is 2.16. The maximum Gasteiger partial charge on any atom is 0.0999 e. The fraction of sp³-hybridized carbons (Fsp3) is 0.500. The van der Waals surface area contributed by atoms with Crippen molar-refractivity contribution in [2.75, 3.05) is 19.6 Å². The first kappa shape index (κ1) is 6.73. The molecule has 0 aliphatic carbocycles. The highest BCUT2D eigenvalue weighted by atomic mass is 15.0. The molecule has 3 nitrogen and oxygen atoms in total. The first-order valence-electron chi connectivity index (χ1n) is 4.00. The van der Waals surface area contributed by atoms with Crippen LogP contribution in [0.25, 0.3) is 0 Å². The predicted molar refractivity (Wildman–Crippen MR) is 44.8 cm³/mol. The lowest BCUT2D eigenvalue weighted by Crippen LogP contribution is -2.34. The number of nitrogens with one attached hydrogen (secondary N) is 2. The van der Waals surface area contributed by atoms with Crippen LogP contribution in [0.15, 0.2) is 23.0 Å². The van der Waals surface area contributed by atoms with Crippen molar-refractivity contribution in [2.24, 2.45) is 5.73 Å². The second-order valence-corrected chi connectivity index (χ2v) is 2.93. The fourth-order valence-corrected chi connectivity index (χ4v) is 1.60. The van der Waals surface area contributed by atoms with Gasteiger partial charge in [0.15, 0.2) is 0 Å². The van der Waals surface area contributed by atoms with Gasteiger partial charge in [-0.1, -0.05) is 6.08 Å². The Kier molecular flexibility index (Phi) is 1.58. The van der Waals surface area contributed by atoms with E-state index in [4.69, 9.17) is 5.73 Å². The van der Waals surface area contributed by atoms with Crippen LogP contribution in [-0.2, 0) is 0 Å². The summed E-state index contributed by atoms with van der Waals surface area (Å²) in [6, 6.07) is 0. The van der Waals surface area contributed by atoms with Crippen LogP contribution in [0.3, 0.4) is 0 Å². The average molecular weight is 151 g/mol. The van der Waals surface area contributed by atoms with Crippen molar-refractivity contribution in [2.45, 2.75) is 6.42 Å². The van der Waals surface area contributed by atoms with E-state index in [2.05, 4.69) is 16.7 Å². The summed E-state index contributed by atoms with van der Waals surface area (Å²) in [5, 5.41) is 6.45. The van der Waals surface area contributed by atoms with Crippen LogP contribution in [0, 0.1) is 0 Å². The minimum atomic E-state index is 0.879. The summed E-state index contributed by atoms with van der Waals surface area (Å²) in [6.07, 6.45) is 3.27. The van der Waals surface area contributed by atoms with Gasteiger partial charge in [-0.3, -0.25) is 0 Å². The van der Waals surface area contributed by atoms with E-state index in [-0.39, 0.29) is 0 Å². The van der Waals surface area contributed by atoms with Crippen molar-refractivity contribution in [3.63, 3.8) is 0 Å². The van der Waals surface area contributed by atoms with Gasteiger partial charge in [0.25, 0.3) is 0 Å². The zero-order valence-corrected chi connectivity index (χ0v) is 6.48. The largest absolute Gasteiger partial charge is 0.385 e. The van der Waals surface area contributed by atoms with Crippen molar-refractivity contribution in [3.05, 3.63) is 23.0 Å². The minimum Gasteiger partial charge on any atom is -0.385 e. The molecule has 60 valence electrons. The van der Waals surface area contributed by atoms with Gasteiger partial charge in [0.05, 0.1) is 5.82 Å². The van der Waals surface area contributed by atoms with E-state index in [1.54, 1.807) is 0 Å². The summed E-state index contributed by atoms with van der Waals surface area (Å²) < 4.78 is 0. The van der Waals surface area contributed by atoms with Crippen LogP contribution in [0.1, 0.15) is 6.42 Å². The lowest BCUT2D eigenvalue weighted by Gasteiger charge is -2.25. The van der Waals surface area contributed by atoms with E-state index < -0.39 is 0 Å². The van der Waals surface area contributed by atoms with Gasteiger partial charge < -0.3 is 16.4 Å². The number of rotatable bonds is 0. The van der Waals surface area contributed by atoms with E-state index in [0.29, 0.717) is 0 Å². The zero-order valence-electron chi connectivity index (χ0n) is 6.48. The van der Waals surface area contributed by atoms with Gasteiger partial charge in [-0.15, -0.1) is 0 Å². The summed E-state index contributed by atoms with van der Waals surface area (Å²) in [4.78, 5) is 0. The molecule has 2 aliphatic rings. The molecule has 0 atom stereocenters. The Morgan fingerprint density at radius 1 is 1.45 bits per heavy atom. The lowest BCUT2D eigenvalue weighted by atomic mass is 9.97.